The van der Waals surface area contributed by atoms with Gasteiger partial charge in [0.1, 0.15) is 11.6 Å². The van der Waals surface area contributed by atoms with Gasteiger partial charge in [-0.1, -0.05) is 54.3 Å². The van der Waals surface area contributed by atoms with Crippen LogP contribution in [0.15, 0.2) is 59.2 Å². The molecule has 240 valence electrons. The van der Waals surface area contributed by atoms with Crippen molar-refractivity contribution in [3.8, 4) is 0 Å². The van der Waals surface area contributed by atoms with Crippen molar-refractivity contribution in [3.05, 3.63) is 86.6 Å². The molecule has 3 aliphatic rings. The smallest absolute Gasteiger partial charge is 0.318 e. The van der Waals surface area contributed by atoms with Crippen LogP contribution in [-0.2, 0) is 24.2 Å². The van der Waals surface area contributed by atoms with E-state index in [1.54, 1.807) is 9.58 Å². The zero-order valence-electron chi connectivity index (χ0n) is 25.7. The van der Waals surface area contributed by atoms with Gasteiger partial charge in [-0.15, -0.1) is 5.10 Å². The Kier molecular flexibility index (Phi) is 9.24. The van der Waals surface area contributed by atoms with Crippen molar-refractivity contribution in [3.63, 3.8) is 0 Å². The van der Waals surface area contributed by atoms with Gasteiger partial charge in [-0.2, -0.15) is 0 Å². The molecule has 0 bridgehead atoms. The van der Waals surface area contributed by atoms with Crippen LogP contribution in [0.4, 0.5) is 4.79 Å². The lowest BCUT2D eigenvalue weighted by Crippen LogP contribution is -2.63. The Morgan fingerprint density at radius 2 is 1.83 bits per heavy atom. The number of rotatable bonds is 6. The van der Waals surface area contributed by atoms with Gasteiger partial charge in [-0.3, -0.25) is 14.7 Å². The fraction of sp³-hybridized carbons (Fsp3) is 0.441. The molecule has 3 heterocycles. The van der Waals surface area contributed by atoms with Crippen LogP contribution in [0.25, 0.3) is 11.0 Å². The van der Waals surface area contributed by atoms with Crippen LogP contribution in [0.3, 0.4) is 0 Å². The lowest BCUT2D eigenvalue weighted by Gasteiger charge is -2.44. The summed E-state index contributed by atoms with van der Waals surface area (Å²) < 4.78 is 2.74. The van der Waals surface area contributed by atoms with Crippen molar-refractivity contribution in [1.29, 1.82) is 0 Å². The number of hydrogen-bond acceptors (Lipinski definition) is 6. The summed E-state index contributed by atoms with van der Waals surface area (Å²) in [5, 5.41) is 15.6. The highest BCUT2D eigenvalue weighted by Crippen LogP contribution is 2.38. The van der Waals surface area contributed by atoms with Crippen molar-refractivity contribution in [2.24, 2.45) is 0 Å². The molecule has 1 saturated carbocycles. The van der Waals surface area contributed by atoms with E-state index in [4.69, 9.17) is 16.6 Å². The molecule has 2 aromatic heterocycles. The van der Waals surface area contributed by atoms with Crippen LogP contribution < -0.4 is 10.6 Å². The number of piperazine rings is 1. The molecule has 1 saturated heterocycles. The Morgan fingerprint density at radius 1 is 1.00 bits per heavy atom. The van der Waals surface area contributed by atoms with Crippen molar-refractivity contribution in [1.82, 2.24) is 40.4 Å². The molecule has 12 heteroatoms. The van der Waals surface area contributed by atoms with Crippen LogP contribution >= 0.6 is 27.5 Å². The summed E-state index contributed by atoms with van der Waals surface area (Å²) in [6, 6.07) is 15.1. The first-order valence-electron chi connectivity index (χ1n) is 16.2. The molecule has 1 aliphatic heterocycles. The number of nitrogens with one attached hydrogen (secondary N) is 2. The van der Waals surface area contributed by atoms with Gasteiger partial charge in [0.05, 0.1) is 23.8 Å². The predicted octanol–water partition coefficient (Wildman–Crippen LogP) is 5.28. The minimum absolute atomic E-state index is 0.150. The Labute approximate surface area is 282 Å². The van der Waals surface area contributed by atoms with Crippen LogP contribution in [0, 0.1) is 0 Å². The number of aromatic nitrogens is 4. The summed E-state index contributed by atoms with van der Waals surface area (Å²) in [5.74, 6) is -0.179. The maximum absolute atomic E-state index is 14.0. The fourth-order valence-corrected chi connectivity index (χ4v) is 7.85. The normalized spacial score (nSPS) is 20.5. The number of para-hydroxylation sites is 1. The van der Waals surface area contributed by atoms with Crippen molar-refractivity contribution in [2.45, 2.75) is 69.6 Å². The van der Waals surface area contributed by atoms with Gasteiger partial charge in [0.15, 0.2) is 0 Å². The molecule has 0 radical (unpaired) electrons. The molecule has 3 amide bonds. The Hall–Kier alpha value is -3.54. The number of halogens is 2. The number of carbonyl (C=O) groups excluding carboxylic acids is 2. The predicted molar refractivity (Wildman–Crippen MR) is 181 cm³/mol. The summed E-state index contributed by atoms with van der Waals surface area (Å²) >= 11 is 10.1. The third-order valence-electron chi connectivity index (χ3n) is 9.61. The van der Waals surface area contributed by atoms with E-state index in [0.29, 0.717) is 37.7 Å². The number of aryl methyl sites for hydroxylation is 2. The second-order valence-corrected chi connectivity index (χ2v) is 13.9. The van der Waals surface area contributed by atoms with E-state index < -0.39 is 6.04 Å². The number of hydrogen-bond donors (Lipinski definition) is 2. The maximum Gasteiger partial charge on any atom is 0.318 e. The van der Waals surface area contributed by atoms with Crippen LogP contribution in [0.5, 0.6) is 0 Å². The van der Waals surface area contributed by atoms with E-state index in [1.807, 2.05) is 36.5 Å². The van der Waals surface area contributed by atoms with Gasteiger partial charge >= 0.3 is 6.03 Å². The van der Waals surface area contributed by atoms with E-state index in [2.05, 4.69) is 60.0 Å². The highest BCUT2D eigenvalue weighted by molar-refractivity contribution is 9.10. The largest absolute Gasteiger partial charge is 0.352 e. The van der Waals surface area contributed by atoms with E-state index in [1.165, 1.54) is 17.5 Å². The zero-order valence-corrected chi connectivity index (χ0v) is 28.0. The van der Waals surface area contributed by atoms with Gasteiger partial charge in [-0.25, -0.2) is 9.48 Å². The second-order valence-electron chi connectivity index (χ2n) is 12.5. The number of pyridine rings is 1. The summed E-state index contributed by atoms with van der Waals surface area (Å²) in [6.07, 6.45) is 8.94. The average molecular weight is 706 g/mol. The highest BCUT2D eigenvalue weighted by atomic mass is 79.9. The first-order chi connectivity index (χ1) is 22.4. The highest BCUT2D eigenvalue weighted by Gasteiger charge is 2.40. The van der Waals surface area contributed by atoms with Crippen molar-refractivity contribution >= 4 is 50.5 Å². The number of carbonyl (C=O) groups is 2. The number of nitrogens with zero attached hydrogens (tertiary/aromatic N) is 6. The Balaban J connectivity index is 1.15. The molecule has 2 unspecified atom stereocenters. The number of fused-ring (bicyclic) bond motifs is 3. The molecule has 2 atom stereocenters. The van der Waals surface area contributed by atoms with Crippen molar-refractivity contribution < 1.29 is 9.59 Å². The first-order valence-corrected chi connectivity index (χ1v) is 17.4. The van der Waals surface area contributed by atoms with Gasteiger partial charge < -0.3 is 15.5 Å². The fourth-order valence-electron chi connectivity index (χ4n) is 7.28. The lowest BCUT2D eigenvalue weighted by molar-refractivity contribution is -0.127. The summed E-state index contributed by atoms with van der Waals surface area (Å²) in [6.45, 7) is 2.25. The van der Waals surface area contributed by atoms with E-state index in [0.717, 1.165) is 65.3 Å². The van der Waals surface area contributed by atoms with Gasteiger partial charge in [0.25, 0.3) is 0 Å². The summed E-state index contributed by atoms with van der Waals surface area (Å²) in [4.78, 5) is 36.8. The molecule has 46 heavy (non-hydrogen) atoms. The van der Waals surface area contributed by atoms with E-state index >= 15 is 0 Å². The topological polar surface area (TPSA) is 108 Å². The molecule has 0 spiro atoms. The minimum atomic E-state index is -0.678. The van der Waals surface area contributed by atoms with Crippen LogP contribution in [0.1, 0.15) is 60.5 Å². The summed E-state index contributed by atoms with van der Waals surface area (Å²) in [7, 11) is 0. The summed E-state index contributed by atoms with van der Waals surface area (Å²) in [5.41, 5.74) is 6.22. The molecule has 4 aromatic rings. The van der Waals surface area contributed by atoms with E-state index in [9.17, 15) is 9.59 Å². The average Bonchev–Trinajstić information content (AvgIpc) is 3.41. The molecule has 2 fully saturated rings. The van der Waals surface area contributed by atoms with Gasteiger partial charge in [-0.05, 0) is 88.6 Å². The molecular weight excluding hydrogens is 668 g/mol. The zero-order chi connectivity index (χ0) is 31.6. The molecule has 2 aliphatic carbocycles. The monoisotopic (exact) mass is 704 g/mol. The Morgan fingerprint density at radius 3 is 2.70 bits per heavy atom. The molecular formula is C34H38BrClN8O2. The second kappa shape index (κ2) is 13.7. The molecule has 10 nitrogen and oxygen atoms in total. The molecule has 7 rings (SSSR count). The van der Waals surface area contributed by atoms with Crippen LogP contribution in [-0.4, -0.2) is 80.0 Å². The van der Waals surface area contributed by atoms with Crippen molar-refractivity contribution in [2.75, 3.05) is 26.2 Å². The lowest BCUT2D eigenvalue weighted by atomic mass is 9.95. The Bertz CT molecular complexity index is 1690. The first kappa shape index (κ1) is 31.1. The van der Waals surface area contributed by atoms with Gasteiger partial charge in [0, 0.05) is 47.9 Å². The maximum atomic E-state index is 14.0. The molecule has 2 N–H and O–H groups in total. The third kappa shape index (κ3) is 6.50. The van der Waals surface area contributed by atoms with E-state index in [-0.39, 0.29) is 24.0 Å². The quantitative estimate of drug-likeness (QED) is 0.283. The standard InChI is InChI=1S/C34H38BrClN8O2/c35-24-18-23-11-10-22-19-25(36)12-13-27(22)32(31(23)38-20-24)42-16-17-43(34(46)39-26-6-2-1-3-7-26)30(21-42)33(45)37-14-15-44-29-9-5-4-8-28(29)40-41-44/h4-5,8-9,12-13,18-20,26,30,32H,1-3,6-7,10-11,14-17,21H2,(H,37,45)(H,39,46). The number of urea groups is 1. The minimum Gasteiger partial charge on any atom is -0.352 e. The molecule has 2 aromatic carbocycles. The number of benzene rings is 2. The third-order valence-corrected chi connectivity index (χ3v) is 10.3. The van der Waals surface area contributed by atoms with Gasteiger partial charge in [0.2, 0.25) is 5.91 Å². The van der Waals surface area contributed by atoms with Crippen LogP contribution in [0.2, 0.25) is 5.02 Å². The number of amides is 3. The SMILES string of the molecule is O=C(NCCn1nnc2ccccc21)C1CN(C2c3ccc(Cl)cc3CCc3cc(Br)cnc32)CCN1C(=O)NC1CCCCC1.